The number of benzene rings is 1. The van der Waals surface area contributed by atoms with Gasteiger partial charge in [0.2, 0.25) is 0 Å². The number of nitrogens with one attached hydrogen (secondary N) is 3. The highest BCUT2D eigenvalue weighted by atomic mass is 32.1. The minimum atomic E-state index is 0.270. The Labute approximate surface area is 156 Å². The van der Waals surface area contributed by atoms with Crippen LogP contribution in [0.1, 0.15) is 18.1 Å². The number of fused-ring (bicyclic) bond motifs is 1. The zero-order valence-corrected chi connectivity index (χ0v) is 15.6. The number of nitrogens with zero attached hydrogens (tertiary/aromatic N) is 3. The monoisotopic (exact) mass is 368 g/mol. The van der Waals surface area contributed by atoms with Gasteiger partial charge < -0.3 is 21.1 Å². The first kappa shape index (κ1) is 17.8. The summed E-state index contributed by atoms with van der Waals surface area (Å²) in [5, 5.41) is 19.6. The van der Waals surface area contributed by atoms with E-state index in [-0.39, 0.29) is 5.75 Å². The average molecular weight is 368 g/mol. The van der Waals surface area contributed by atoms with Gasteiger partial charge in [0.15, 0.2) is 16.6 Å². The summed E-state index contributed by atoms with van der Waals surface area (Å²) in [6, 6.07) is 7.23. The summed E-state index contributed by atoms with van der Waals surface area (Å²) < 4.78 is 0. The first-order valence-electron chi connectivity index (χ1n) is 8.22. The van der Waals surface area contributed by atoms with E-state index in [2.05, 4.69) is 30.9 Å². The normalized spacial score (nSPS) is 10.6. The van der Waals surface area contributed by atoms with Crippen molar-refractivity contribution in [3.05, 3.63) is 41.6 Å². The van der Waals surface area contributed by atoms with Crippen molar-refractivity contribution in [2.75, 3.05) is 17.2 Å². The molecule has 4 N–H and O–H groups in total. The van der Waals surface area contributed by atoms with Crippen LogP contribution in [0, 0.1) is 13.8 Å². The van der Waals surface area contributed by atoms with E-state index < -0.39 is 0 Å². The van der Waals surface area contributed by atoms with E-state index in [0.717, 1.165) is 23.4 Å². The van der Waals surface area contributed by atoms with E-state index in [1.807, 2.05) is 32.9 Å². The van der Waals surface area contributed by atoms with Crippen LogP contribution in [0.15, 0.2) is 30.5 Å². The van der Waals surface area contributed by atoms with Gasteiger partial charge in [-0.15, -0.1) is 0 Å². The minimum absolute atomic E-state index is 0.270. The van der Waals surface area contributed by atoms with Gasteiger partial charge in [0, 0.05) is 12.2 Å². The van der Waals surface area contributed by atoms with Crippen molar-refractivity contribution in [1.29, 1.82) is 0 Å². The molecule has 2 aromatic heterocycles. The number of aryl methyl sites for hydroxylation is 2. The van der Waals surface area contributed by atoms with E-state index in [4.69, 9.17) is 12.2 Å². The van der Waals surface area contributed by atoms with Crippen LogP contribution in [0.4, 0.5) is 17.3 Å². The molecule has 0 saturated heterocycles. The lowest BCUT2D eigenvalue weighted by Crippen LogP contribution is -2.28. The van der Waals surface area contributed by atoms with Crippen LogP contribution < -0.4 is 16.0 Å². The third-order valence-corrected chi connectivity index (χ3v) is 4.04. The molecule has 3 rings (SSSR count). The average Bonchev–Trinajstić information content (AvgIpc) is 2.59. The van der Waals surface area contributed by atoms with Gasteiger partial charge in [0.25, 0.3) is 0 Å². The molecule has 1 aromatic carbocycles. The van der Waals surface area contributed by atoms with Crippen LogP contribution in [-0.2, 0) is 0 Å². The van der Waals surface area contributed by atoms with E-state index in [0.29, 0.717) is 27.9 Å². The van der Waals surface area contributed by atoms with Crippen molar-refractivity contribution in [2.45, 2.75) is 20.8 Å². The number of phenols is 1. The molecule has 0 aliphatic carbocycles. The molecule has 0 saturated carbocycles. The van der Waals surface area contributed by atoms with Gasteiger partial charge in [0.1, 0.15) is 17.1 Å². The topological polar surface area (TPSA) is 95.0 Å². The quantitative estimate of drug-likeness (QED) is 0.411. The molecule has 0 aliphatic heterocycles. The fourth-order valence-electron chi connectivity index (χ4n) is 2.42. The molecular weight excluding hydrogens is 348 g/mol. The highest BCUT2D eigenvalue weighted by Crippen LogP contribution is 2.27. The van der Waals surface area contributed by atoms with Crippen molar-refractivity contribution >= 4 is 45.8 Å². The molecule has 0 spiro atoms. The van der Waals surface area contributed by atoms with Crippen LogP contribution in [0.3, 0.4) is 0 Å². The van der Waals surface area contributed by atoms with Crippen LogP contribution in [0.2, 0.25) is 0 Å². The van der Waals surface area contributed by atoms with E-state index in [9.17, 15) is 5.11 Å². The molecule has 0 amide bonds. The summed E-state index contributed by atoms with van der Waals surface area (Å²) in [5.74, 6) is 1.45. The number of pyridine rings is 1. The molecule has 2 heterocycles. The summed E-state index contributed by atoms with van der Waals surface area (Å²) in [6.07, 6.45) is 1.65. The number of aromatic nitrogens is 3. The number of phenolic OH excluding ortho intramolecular Hbond substituents is 1. The van der Waals surface area contributed by atoms with Gasteiger partial charge >= 0.3 is 0 Å². The number of hydrogen-bond donors (Lipinski definition) is 4. The Morgan fingerprint density at radius 2 is 1.88 bits per heavy atom. The lowest BCUT2D eigenvalue weighted by atomic mass is 10.1. The number of thiocarbonyl (C=S) groups is 1. The Hall–Kier alpha value is -3.00. The lowest BCUT2D eigenvalue weighted by molar-refractivity contribution is 0.471. The van der Waals surface area contributed by atoms with Gasteiger partial charge in [-0.05, 0) is 68.4 Å². The van der Waals surface area contributed by atoms with Crippen LogP contribution in [0.5, 0.6) is 5.75 Å². The molecule has 26 heavy (non-hydrogen) atoms. The molecule has 0 unspecified atom stereocenters. The van der Waals surface area contributed by atoms with E-state index in [1.165, 1.54) is 0 Å². The van der Waals surface area contributed by atoms with Crippen LogP contribution in [-0.4, -0.2) is 31.7 Å². The Kier molecular flexibility index (Phi) is 5.13. The fourth-order valence-corrected chi connectivity index (χ4v) is 2.67. The standard InChI is InChI=1S/C18H20N6OS/c1-4-19-18(26)24-15-6-5-12-17(22-15)23-16(9-20-12)21-13-7-11(3)14(25)8-10(13)2/h5-9,25H,4H2,1-3H3,(H3,19,21,22,23,24,26). The Bertz CT molecular complexity index is 975. The smallest absolute Gasteiger partial charge is 0.182 e. The van der Waals surface area contributed by atoms with Gasteiger partial charge in [0.05, 0.1) is 6.20 Å². The molecule has 8 heteroatoms. The van der Waals surface area contributed by atoms with Crippen molar-refractivity contribution in [3.8, 4) is 5.75 Å². The zero-order chi connectivity index (χ0) is 18.7. The highest BCUT2D eigenvalue weighted by molar-refractivity contribution is 7.80. The molecule has 0 atom stereocenters. The van der Waals surface area contributed by atoms with Crippen molar-refractivity contribution in [2.24, 2.45) is 0 Å². The Balaban J connectivity index is 1.88. The third kappa shape index (κ3) is 3.97. The molecule has 0 fully saturated rings. The van der Waals surface area contributed by atoms with E-state index in [1.54, 1.807) is 18.3 Å². The predicted octanol–water partition coefficient (Wildman–Crippen LogP) is 3.40. The molecule has 0 aliphatic rings. The number of anilines is 3. The third-order valence-electron chi connectivity index (χ3n) is 3.79. The second-order valence-corrected chi connectivity index (χ2v) is 6.27. The van der Waals surface area contributed by atoms with Crippen molar-refractivity contribution in [3.63, 3.8) is 0 Å². The zero-order valence-electron chi connectivity index (χ0n) is 14.8. The molecule has 3 aromatic rings. The molecule has 0 radical (unpaired) electrons. The predicted molar refractivity (Wildman–Crippen MR) is 108 cm³/mol. The van der Waals surface area contributed by atoms with Crippen molar-refractivity contribution in [1.82, 2.24) is 20.3 Å². The maximum Gasteiger partial charge on any atom is 0.182 e. The lowest BCUT2D eigenvalue weighted by Gasteiger charge is -2.12. The summed E-state index contributed by atoms with van der Waals surface area (Å²) in [6.45, 7) is 6.47. The van der Waals surface area contributed by atoms with Crippen LogP contribution in [0.25, 0.3) is 11.2 Å². The Morgan fingerprint density at radius 3 is 2.65 bits per heavy atom. The van der Waals surface area contributed by atoms with Gasteiger partial charge in [-0.1, -0.05) is 0 Å². The first-order valence-corrected chi connectivity index (χ1v) is 8.63. The largest absolute Gasteiger partial charge is 0.508 e. The second-order valence-electron chi connectivity index (χ2n) is 5.86. The SMILES string of the molecule is CCNC(=S)Nc1ccc2ncc(Nc3cc(C)c(O)cc3C)nc2n1. The molecule has 134 valence electrons. The van der Waals surface area contributed by atoms with Crippen LogP contribution >= 0.6 is 12.2 Å². The van der Waals surface area contributed by atoms with Gasteiger partial charge in [-0.25, -0.2) is 15.0 Å². The number of hydrogen-bond acceptors (Lipinski definition) is 6. The summed E-state index contributed by atoms with van der Waals surface area (Å²) >= 11 is 5.18. The molecule has 7 nitrogen and oxygen atoms in total. The first-order chi connectivity index (χ1) is 12.5. The summed E-state index contributed by atoms with van der Waals surface area (Å²) in [4.78, 5) is 13.4. The van der Waals surface area contributed by atoms with Crippen molar-refractivity contribution < 1.29 is 5.11 Å². The number of aromatic hydroxyl groups is 1. The van der Waals surface area contributed by atoms with Gasteiger partial charge in [-0.2, -0.15) is 0 Å². The fraction of sp³-hybridized carbons (Fsp3) is 0.222. The van der Waals surface area contributed by atoms with Gasteiger partial charge in [-0.3, -0.25) is 0 Å². The minimum Gasteiger partial charge on any atom is -0.508 e. The second kappa shape index (κ2) is 7.49. The molecule has 0 bridgehead atoms. The summed E-state index contributed by atoms with van der Waals surface area (Å²) in [5.41, 5.74) is 3.75. The highest BCUT2D eigenvalue weighted by Gasteiger charge is 2.07. The maximum absolute atomic E-state index is 9.78. The number of rotatable bonds is 4. The Morgan fingerprint density at radius 1 is 1.12 bits per heavy atom. The van der Waals surface area contributed by atoms with E-state index >= 15 is 0 Å². The maximum atomic E-state index is 9.78. The summed E-state index contributed by atoms with van der Waals surface area (Å²) in [7, 11) is 0. The molecular formula is C18H20N6OS.